The molecule has 2 atom stereocenters. The summed E-state index contributed by atoms with van der Waals surface area (Å²) in [5, 5.41) is 1.96. The molecule has 2 heterocycles. The zero-order valence-corrected chi connectivity index (χ0v) is 11.9. The first-order chi connectivity index (χ1) is 8.65. The van der Waals surface area contributed by atoms with E-state index in [-0.39, 0.29) is 5.78 Å². The highest BCUT2D eigenvalue weighted by atomic mass is 32.1. The van der Waals surface area contributed by atoms with E-state index < -0.39 is 0 Å². The Hall–Kier alpha value is -0.710. The predicted molar refractivity (Wildman–Crippen MR) is 74.3 cm³/mol. The van der Waals surface area contributed by atoms with Crippen molar-refractivity contribution in [3.63, 3.8) is 0 Å². The van der Waals surface area contributed by atoms with Gasteiger partial charge >= 0.3 is 0 Å². The summed E-state index contributed by atoms with van der Waals surface area (Å²) >= 11 is 1.53. The van der Waals surface area contributed by atoms with Crippen LogP contribution in [0.2, 0.25) is 0 Å². The van der Waals surface area contributed by atoms with Gasteiger partial charge in [-0.25, -0.2) is 0 Å². The second kappa shape index (κ2) is 6.45. The van der Waals surface area contributed by atoms with Crippen LogP contribution in [0.1, 0.15) is 36.4 Å². The standard InChI is InChI=1S/C14H21NO2S/c1-11-9-15(10-12(2)17-11)7-3-5-13(16)14-6-4-8-18-14/h4,6,8,11-12H,3,5,7,9-10H2,1-2H3/t11-,12+. The van der Waals surface area contributed by atoms with E-state index in [4.69, 9.17) is 4.74 Å². The quantitative estimate of drug-likeness (QED) is 0.768. The van der Waals surface area contributed by atoms with Gasteiger partial charge < -0.3 is 4.74 Å². The molecular formula is C14H21NO2S. The first-order valence-electron chi connectivity index (χ1n) is 6.59. The number of ether oxygens (including phenoxy) is 1. The Morgan fingerprint density at radius 1 is 1.44 bits per heavy atom. The molecule has 1 aliphatic heterocycles. The third kappa shape index (κ3) is 3.90. The smallest absolute Gasteiger partial charge is 0.172 e. The fourth-order valence-corrected chi connectivity index (χ4v) is 3.18. The Labute approximate surface area is 113 Å². The molecule has 0 bridgehead atoms. The van der Waals surface area contributed by atoms with Crippen molar-refractivity contribution in [1.29, 1.82) is 0 Å². The largest absolute Gasteiger partial charge is 0.373 e. The molecule has 4 heteroatoms. The number of ketones is 1. The van der Waals surface area contributed by atoms with Crippen molar-refractivity contribution in [2.24, 2.45) is 0 Å². The summed E-state index contributed by atoms with van der Waals surface area (Å²) in [5.41, 5.74) is 0. The maximum atomic E-state index is 11.8. The molecule has 0 N–H and O–H groups in total. The molecule has 0 aliphatic carbocycles. The van der Waals surface area contributed by atoms with Crippen molar-refractivity contribution in [1.82, 2.24) is 4.90 Å². The molecular weight excluding hydrogens is 246 g/mol. The van der Waals surface area contributed by atoms with E-state index in [1.54, 1.807) is 0 Å². The second-order valence-corrected chi connectivity index (χ2v) is 5.97. The molecule has 100 valence electrons. The number of carbonyl (C=O) groups excluding carboxylic acids is 1. The summed E-state index contributed by atoms with van der Waals surface area (Å²) in [5.74, 6) is 0.277. The van der Waals surface area contributed by atoms with Crippen molar-refractivity contribution in [3.8, 4) is 0 Å². The Morgan fingerprint density at radius 2 is 2.17 bits per heavy atom. The van der Waals surface area contributed by atoms with Crippen molar-refractivity contribution in [2.75, 3.05) is 19.6 Å². The summed E-state index contributed by atoms with van der Waals surface area (Å²) in [6, 6.07) is 3.84. The van der Waals surface area contributed by atoms with Gasteiger partial charge in [0.05, 0.1) is 17.1 Å². The van der Waals surface area contributed by atoms with Gasteiger partial charge in [0.25, 0.3) is 0 Å². The van der Waals surface area contributed by atoms with Gasteiger partial charge in [-0.15, -0.1) is 11.3 Å². The summed E-state index contributed by atoms with van der Waals surface area (Å²) in [6.07, 6.45) is 2.21. The fraction of sp³-hybridized carbons (Fsp3) is 0.643. The lowest BCUT2D eigenvalue weighted by molar-refractivity contribution is -0.0680. The summed E-state index contributed by atoms with van der Waals surface area (Å²) in [4.78, 5) is 15.1. The molecule has 2 rings (SSSR count). The molecule has 1 aromatic rings. The van der Waals surface area contributed by atoms with Crippen molar-refractivity contribution >= 4 is 17.1 Å². The molecule has 0 spiro atoms. The van der Waals surface area contributed by atoms with Crippen molar-refractivity contribution < 1.29 is 9.53 Å². The summed E-state index contributed by atoms with van der Waals surface area (Å²) in [7, 11) is 0. The zero-order valence-electron chi connectivity index (χ0n) is 11.1. The number of Topliss-reactive ketones (excluding diaryl/α,β-unsaturated/α-hetero) is 1. The highest BCUT2D eigenvalue weighted by Gasteiger charge is 2.21. The third-order valence-electron chi connectivity index (χ3n) is 3.17. The Kier molecular flexibility index (Phi) is 4.92. The second-order valence-electron chi connectivity index (χ2n) is 5.02. The molecule has 1 saturated heterocycles. The molecule has 3 nitrogen and oxygen atoms in total. The minimum absolute atomic E-state index is 0.277. The lowest BCUT2D eigenvalue weighted by atomic mass is 10.1. The Morgan fingerprint density at radius 3 is 2.78 bits per heavy atom. The van der Waals surface area contributed by atoms with Gasteiger partial charge in [0, 0.05) is 19.5 Å². The minimum atomic E-state index is 0.277. The number of thiophene rings is 1. The van der Waals surface area contributed by atoms with Crippen LogP contribution in [0.4, 0.5) is 0 Å². The van der Waals surface area contributed by atoms with Crippen LogP contribution in [-0.2, 0) is 4.74 Å². The lowest BCUT2D eigenvalue weighted by Gasteiger charge is -2.35. The van der Waals surface area contributed by atoms with Crippen LogP contribution in [-0.4, -0.2) is 42.5 Å². The van der Waals surface area contributed by atoms with Crippen molar-refractivity contribution in [3.05, 3.63) is 22.4 Å². The number of rotatable bonds is 5. The molecule has 0 amide bonds. The van der Waals surface area contributed by atoms with Gasteiger partial charge in [0.1, 0.15) is 0 Å². The van der Waals surface area contributed by atoms with Crippen LogP contribution >= 0.6 is 11.3 Å². The minimum Gasteiger partial charge on any atom is -0.373 e. The predicted octanol–water partition coefficient (Wildman–Crippen LogP) is 2.82. The normalized spacial score (nSPS) is 25.2. The van der Waals surface area contributed by atoms with E-state index in [1.165, 1.54) is 11.3 Å². The van der Waals surface area contributed by atoms with Gasteiger partial charge in [0.15, 0.2) is 5.78 Å². The van der Waals surface area contributed by atoms with Crippen LogP contribution in [0.5, 0.6) is 0 Å². The topological polar surface area (TPSA) is 29.5 Å². The molecule has 0 saturated carbocycles. The number of nitrogens with zero attached hydrogens (tertiary/aromatic N) is 1. The Bertz CT molecular complexity index is 367. The first kappa shape index (κ1) is 13.7. The van der Waals surface area contributed by atoms with Gasteiger partial charge in [0.2, 0.25) is 0 Å². The number of hydrogen-bond acceptors (Lipinski definition) is 4. The molecule has 1 fully saturated rings. The van der Waals surface area contributed by atoms with E-state index in [2.05, 4.69) is 18.7 Å². The molecule has 0 radical (unpaired) electrons. The van der Waals surface area contributed by atoms with Crippen molar-refractivity contribution in [2.45, 2.75) is 38.9 Å². The zero-order chi connectivity index (χ0) is 13.0. The fourth-order valence-electron chi connectivity index (χ4n) is 2.49. The monoisotopic (exact) mass is 267 g/mol. The van der Waals surface area contributed by atoms with E-state index >= 15 is 0 Å². The SMILES string of the molecule is C[C@@H]1CN(CCCC(=O)c2cccs2)C[C@H](C)O1. The highest BCUT2D eigenvalue weighted by molar-refractivity contribution is 7.12. The third-order valence-corrected chi connectivity index (χ3v) is 4.08. The van der Waals surface area contributed by atoms with Gasteiger partial charge in [-0.1, -0.05) is 6.07 Å². The summed E-state index contributed by atoms with van der Waals surface area (Å²) < 4.78 is 5.70. The van der Waals surface area contributed by atoms with E-state index in [9.17, 15) is 4.79 Å². The molecule has 0 aromatic carbocycles. The van der Waals surface area contributed by atoms with Crippen LogP contribution in [0, 0.1) is 0 Å². The highest BCUT2D eigenvalue weighted by Crippen LogP contribution is 2.14. The van der Waals surface area contributed by atoms with E-state index in [0.717, 1.165) is 30.9 Å². The number of morpholine rings is 1. The van der Waals surface area contributed by atoms with Crippen LogP contribution in [0.15, 0.2) is 17.5 Å². The van der Waals surface area contributed by atoms with Crippen LogP contribution < -0.4 is 0 Å². The lowest BCUT2D eigenvalue weighted by Crippen LogP contribution is -2.45. The van der Waals surface area contributed by atoms with Gasteiger partial charge in [-0.05, 0) is 38.3 Å². The van der Waals surface area contributed by atoms with Gasteiger partial charge in [-0.2, -0.15) is 0 Å². The van der Waals surface area contributed by atoms with Gasteiger partial charge in [-0.3, -0.25) is 9.69 Å². The Balaban J connectivity index is 1.70. The maximum Gasteiger partial charge on any atom is 0.172 e. The average molecular weight is 267 g/mol. The molecule has 0 unspecified atom stereocenters. The van der Waals surface area contributed by atoms with Crippen LogP contribution in [0.3, 0.4) is 0 Å². The number of carbonyl (C=O) groups is 1. The first-order valence-corrected chi connectivity index (χ1v) is 7.47. The average Bonchev–Trinajstić information content (AvgIpc) is 2.80. The van der Waals surface area contributed by atoms with E-state index in [1.807, 2.05) is 17.5 Å². The maximum absolute atomic E-state index is 11.8. The van der Waals surface area contributed by atoms with E-state index in [0.29, 0.717) is 18.6 Å². The number of hydrogen-bond donors (Lipinski definition) is 0. The van der Waals surface area contributed by atoms with Crippen LogP contribution in [0.25, 0.3) is 0 Å². The molecule has 1 aromatic heterocycles. The molecule has 18 heavy (non-hydrogen) atoms. The molecule has 1 aliphatic rings. The summed E-state index contributed by atoms with van der Waals surface area (Å²) in [6.45, 7) is 7.18.